The van der Waals surface area contributed by atoms with Gasteiger partial charge >= 0.3 is 6.09 Å². The first-order valence-corrected chi connectivity index (χ1v) is 7.05. The maximum absolute atomic E-state index is 12.4. The summed E-state index contributed by atoms with van der Waals surface area (Å²) >= 11 is 0. The number of hydrogen-bond acceptors (Lipinski definition) is 4. The fourth-order valence-electron chi connectivity index (χ4n) is 2.30. The zero-order valence-electron chi connectivity index (χ0n) is 12.4. The minimum Gasteiger partial charge on any atom is -0.465 e. The highest BCUT2D eigenvalue weighted by Gasteiger charge is 2.17. The highest BCUT2D eigenvalue weighted by Crippen LogP contribution is 2.20. The summed E-state index contributed by atoms with van der Waals surface area (Å²) in [6, 6.07) is 8.41. The number of H-pyrrole nitrogens is 1. The topological polar surface area (TPSA) is 99.2 Å². The maximum Gasteiger partial charge on any atom is 0.414 e. The van der Waals surface area contributed by atoms with Crippen molar-refractivity contribution in [2.45, 2.75) is 6.92 Å². The number of anilines is 1. The van der Waals surface area contributed by atoms with Gasteiger partial charge in [-0.15, -0.1) is 0 Å². The van der Waals surface area contributed by atoms with E-state index in [0.29, 0.717) is 22.2 Å². The summed E-state index contributed by atoms with van der Waals surface area (Å²) in [4.78, 5) is 35.8. The fraction of sp³-hybridized carbons (Fsp3) is 0.125. The van der Waals surface area contributed by atoms with Crippen LogP contribution < -0.4 is 4.90 Å². The molecule has 0 radical (unpaired) electrons. The summed E-state index contributed by atoms with van der Waals surface area (Å²) in [6.45, 7) is 2.00. The standard InChI is InChI=1S/C16H14N4O3/c1-2-20(16(22)23)15-18-12-6-5-10(8-13(12)19-15)14(21)11-4-3-7-17-9-11/h3-9H,2H2,1H3,(H,18,19)(H,22,23). The van der Waals surface area contributed by atoms with Crippen LogP contribution in [0.2, 0.25) is 0 Å². The third kappa shape index (κ3) is 2.76. The quantitative estimate of drug-likeness (QED) is 0.722. The highest BCUT2D eigenvalue weighted by molar-refractivity contribution is 6.10. The van der Waals surface area contributed by atoms with E-state index in [-0.39, 0.29) is 18.3 Å². The Labute approximate surface area is 131 Å². The molecule has 7 heteroatoms. The molecule has 7 nitrogen and oxygen atoms in total. The van der Waals surface area contributed by atoms with Gasteiger partial charge in [0.25, 0.3) is 0 Å². The first-order chi connectivity index (χ1) is 11.1. The van der Waals surface area contributed by atoms with E-state index in [0.717, 1.165) is 4.90 Å². The number of carbonyl (C=O) groups excluding carboxylic acids is 1. The van der Waals surface area contributed by atoms with Crippen LogP contribution >= 0.6 is 0 Å². The van der Waals surface area contributed by atoms with Crippen LogP contribution in [-0.2, 0) is 0 Å². The van der Waals surface area contributed by atoms with E-state index in [1.807, 2.05) is 0 Å². The number of nitrogens with one attached hydrogen (secondary N) is 1. The van der Waals surface area contributed by atoms with Crippen LogP contribution in [-0.4, -0.2) is 38.5 Å². The van der Waals surface area contributed by atoms with Gasteiger partial charge in [0, 0.05) is 30.1 Å². The fourth-order valence-corrected chi connectivity index (χ4v) is 2.30. The molecule has 2 N–H and O–H groups in total. The van der Waals surface area contributed by atoms with E-state index in [9.17, 15) is 9.59 Å². The molecule has 0 bridgehead atoms. The number of ketones is 1. The lowest BCUT2D eigenvalue weighted by atomic mass is 10.0. The lowest BCUT2D eigenvalue weighted by Gasteiger charge is -2.12. The number of pyridine rings is 1. The number of carboxylic acid groups (broad SMARTS) is 1. The molecule has 116 valence electrons. The third-order valence-electron chi connectivity index (χ3n) is 3.46. The zero-order valence-corrected chi connectivity index (χ0v) is 12.4. The number of imidazole rings is 1. The van der Waals surface area contributed by atoms with Crippen LogP contribution in [0.1, 0.15) is 22.8 Å². The monoisotopic (exact) mass is 310 g/mol. The number of aromatic nitrogens is 3. The number of amides is 1. The van der Waals surface area contributed by atoms with Crippen molar-refractivity contribution in [3.63, 3.8) is 0 Å². The lowest BCUT2D eigenvalue weighted by Crippen LogP contribution is -2.29. The summed E-state index contributed by atoms with van der Waals surface area (Å²) in [5.41, 5.74) is 2.18. The van der Waals surface area contributed by atoms with Crippen molar-refractivity contribution in [2.75, 3.05) is 11.4 Å². The van der Waals surface area contributed by atoms with Crippen LogP contribution in [0, 0.1) is 0 Å². The molecule has 0 saturated heterocycles. The zero-order chi connectivity index (χ0) is 16.4. The molecule has 0 fully saturated rings. The summed E-state index contributed by atoms with van der Waals surface area (Å²) < 4.78 is 0. The number of benzene rings is 1. The van der Waals surface area contributed by atoms with E-state index in [1.54, 1.807) is 43.5 Å². The molecule has 0 aliphatic carbocycles. The Bertz CT molecular complexity index is 873. The van der Waals surface area contributed by atoms with Gasteiger partial charge in [0.15, 0.2) is 5.78 Å². The molecule has 0 aliphatic rings. The van der Waals surface area contributed by atoms with Crippen LogP contribution in [0.4, 0.5) is 10.7 Å². The Morgan fingerprint density at radius 1 is 1.26 bits per heavy atom. The second kappa shape index (κ2) is 5.88. The lowest BCUT2D eigenvalue weighted by molar-refractivity contribution is 0.103. The molecule has 0 unspecified atom stereocenters. The largest absolute Gasteiger partial charge is 0.465 e. The van der Waals surface area contributed by atoms with E-state index in [4.69, 9.17) is 5.11 Å². The van der Waals surface area contributed by atoms with Crippen molar-refractivity contribution in [3.8, 4) is 0 Å². The molecule has 1 amide bonds. The predicted molar refractivity (Wildman–Crippen MR) is 84.8 cm³/mol. The molecular weight excluding hydrogens is 296 g/mol. The van der Waals surface area contributed by atoms with Crippen LogP contribution in [0.3, 0.4) is 0 Å². The minimum atomic E-state index is -1.08. The van der Waals surface area contributed by atoms with Gasteiger partial charge in [0.1, 0.15) is 0 Å². The molecule has 0 aliphatic heterocycles. The second-order valence-corrected chi connectivity index (χ2v) is 4.89. The summed E-state index contributed by atoms with van der Waals surface area (Å²) in [6.07, 6.45) is 2.03. The van der Waals surface area contributed by atoms with Crippen LogP contribution in [0.25, 0.3) is 11.0 Å². The van der Waals surface area contributed by atoms with Gasteiger partial charge in [-0.05, 0) is 37.3 Å². The number of aromatic amines is 1. The summed E-state index contributed by atoms with van der Waals surface area (Å²) in [5.74, 6) is 0.0858. The minimum absolute atomic E-state index is 0.151. The Morgan fingerprint density at radius 3 is 2.74 bits per heavy atom. The SMILES string of the molecule is CCN(C(=O)O)c1nc2ccc(C(=O)c3cccnc3)cc2[nH]1. The number of fused-ring (bicyclic) bond motifs is 1. The molecule has 2 aromatic heterocycles. The van der Waals surface area contributed by atoms with Gasteiger partial charge in [-0.3, -0.25) is 9.78 Å². The van der Waals surface area contributed by atoms with E-state index in [1.165, 1.54) is 6.20 Å². The van der Waals surface area contributed by atoms with Gasteiger partial charge in [0.2, 0.25) is 5.95 Å². The normalized spacial score (nSPS) is 10.7. The van der Waals surface area contributed by atoms with Crippen molar-refractivity contribution in [3.05, 3.63) is 53.9 Å². The Balaban J connectivity index is 1.99. The molecule has 3 rings (SSSR count). The van der Waals surface area contributed by atoms with Gasteiger partial charge in [-0.25, -0.2) is 14.7 Å². The van der Waals surface area contributed by atoms with Gasteiger partial charge in [-0.2, -0.15) is 0 Å². The van der Waals surface area contributed by atoms with Crippen molar-refractivity contribution in [2.24, 2.45) is 0 Å². The molecule has 0 atom stereocenters. The van der Waals surface area contributed by atoms with Crippen molar-refractivity contribution in [1.29, 1.82) is 0 Å². The predicted octanol–water partition coefficient (Wildman–Crippen LogP) is 2.69. The average molecular weight is 310 g/mol. The molecular formula is C16H14N4O3. The number of rotatable bonds is 4. The van der Waals surface area contributed by atoms with Crippen molar-refractivity contribution < 1.29 is 14.7 Å². The van der Waals surface area contributed by atoms with Gasteiger partial charge in [-0.1, -0.05) is 0 Å². The van der Waals surface area contributed by atoms with Gasteiger partial charge in [0.05, 0.1) is 11.0 Å². The molecule has 0 spiro atoms. The van der Waals surface area contributed by atoms with E-state index >= 15 is 0 Å². The van der Waals surface area contributed by atoms with Crippen LogP contribution in [0.5, 0.6) is 0 Å². The molecule has 1 aromatic carbocycles. The highest BCUT2D eigenvalue weighted by atomic mass is 16.4. The van der Waals surface area contributed by atoms with Crippen LogP contribution in [0.15, 0.2) is 42.7 Å². The molecule has 23 heavy (non-hydrogen) atoms. The number of nitrogens with zero attached hydrogens (tertiary/aromatic N) is 3. The Kier molecular flexibility index (Phi) is 3.76. The van der Waals surface area contributed by atoms with Crippen molar-refractivity contribution >= 4 is 28.9 Å². The van der Waals surface area contributed by atoms with E-state index < -0.39 is 6.09 Å². The maximum atomic E-state index is 12.4. The summed E-state index contributed by atoms with van der Waals surface area (Å²) in [7, 11) is 0. The third-order valence-corrected chi connectivity index (χ3v) is 3.46. The van der Waals surface area contributed by atoms with Gasteiger partial charge < -0.3 is 10.1 Å². The molecule has 3 aromatic rings. The number of carbonyl (C=O) groups is 2. The Morgan fingerprint density at radius 2 is 2.09 bits per heavy atom. The second-order valence-electron chi connectivity index (χ2n) is 4.89. The first kappa shape index (κ1) is 14.7. The van der Waals surface area contributed by atoms with Crippen molar-refractivity contribution in [1.82, 2.24) is 15.0 Å². The Hall–Kier alpha value is -3.22. The molecule has 2 heterocycles. The summed E-state index contributed by atoms with van der Waals surface area (Å²) in [5, 5.41) is 9.15. The smallest absolute Gasteiger partial charge is 0.414 e. The first-order valence-electron chi connectivity index (χ1n) is 7.05. The average Bonchev–Trinajstić information content (AvgIpc) is 2.97. The number of hydrogen-bond donors (Lipinski definition) is 2. The van der Waals surface area contributed by atoms with E-state index in [2.05, 4.69) is 15.0 Å². The molecule has 0 saturated carbocycles.